The Labute approximate surface area is 144 Å². The maximum Gasteiger partial charge on any atom is 0.119 e. The van der Waals surface area contributed by atoms with Crippen LogP contribution in [0.25, 0.3) is 0 Å². The smallest absolute Gasteiger partial charge is 0.119 e. The number of rotatable bonds is 9. The third-order valence-electron chi connectivity index (χ3n) is 3.70. The summed E-state index contributed by atoms with van der Waals surface area (Å²) in [5.41, 5.74) is 2.00. The molecule has 2 heteroatoms. The van der Waals surface area contributed by atoms with Crippen LogP contribution in [0.2, 0.25) is 0 Å². The van der Waals surface area contributed by atoms with Crippen LogP contribution in [0.4, 0.5) is 0 Å². The molecule has 1 rings (SSSR count). The predicted molar refractivity (Wildman–Crippen MR) is 101 cm³/mol. The van der Waals surface area contributed by atoms with Crippen molar-refractivity contribution >= 4 is 0 Å². The lowest BCUT2D eigenvalue weighted by atomic mass is 9.89. The van der Waals surface area contributed by atoms with Gasteiger partial charge in [0.2, 0.25) is 0 Å². The summed E-state index contributed by atoms with van der Waals surface area (Å²) in [6.45, 7) is 16.3. The summed E-state index contributed by atoms with van der Waals surface area (Å²) in [5.74, 6) is 0.964. The molecular formula is C21H37NO. The number of unbranched alkanes of at least 4 members (excludes halogenated alkanes) is 2. The van der Waals surface area contributed by atoms with Crippen molar-refractivity contribution in [2.75, 3.05) is 13.2 Å². The number of hydrogen-bond acceptors (Lipinski definition) is 2. The molecule has 0 radical (unpaired) electrons. The quantitative estimate of drug-likeness (QED) is 0.580. The molecule has 0 saturated carbocycles. The van der Waals surface area contributed by atoms with Gasteiger partial charge >= 0.3 is 0 Å². The van der Waals surface area contributed by atoms with Crippen molar-refractivity contribution in [3.8, 4) is 5.75 Å². The molecule has 1 aromatic carbocycles. The van der Waals surface area contributed by atoms with E-state index in [1.807, 2.05) is 0 Å². The van der Waals surface area contributed by atoms with Gasteiger partial charge in [-0.1, -0.05) is 66.5 Å². The Morgan fingerprint density at radius 1 is 0.826 bits per heavy atom. The molecule has 2 nitrogen and oxygen atoms in total. The fourth-order valence-corrected chi connectivity index (χ4v) is 2.32. The van der Waals surface area contributed by atoms with E-state index in [4.69, 9.17) is 4.74 Å². The van der Waals surface area contributed by atoms with Crippen LogP contribution in [0.3, 0.4) is 0 Å². The summed E-state index contributed by atoms with van der Waals surface area (Å²) in [5, 5.41) is 3.53. The van der Waals surface area contributed by atoms with Gasteiger partial charge in [-0.3, -0.25) is 0 Å². The van der Waals surface area contributed by atoms with Crippen LogP contribution >= 0.6 is 0 Å². The normalized spacial score (nSPS) is 12.4. The molecule has 0 unspecified atom stereocenters. The van der Waals surface area contributed by atoms with E-state index in [0.29, 0.717) is 5.41 Å². The van der Waals surface area contributed by atoms with E-state index in [2.05, 4.69) is 71.1 Å². The van der Waals surface area contributed by atoms with Crippen molar-refractivity contribution in [2.45, 2.75) is 73.8 Å². The van der Waals surface area contributed by atoms with Gasteiger partial charge in [-0.05, 0) is 47.9 Å². The molecule has 0 spiro atoms. The Morgan fingerprint density at radius 2 is 1.48 bits per heavy atom. The minimum atomic E-state index is 0.202. The summed E-state index contributed by atoms with van der Waals surface area (Å²) >= 11 is 0. The number of nitrogens with one attached hydrogen (secondary N) is 1. The SMILES string of the molecule is CC(C)(C)CCCCCNCc1ccc(OCC(C)(C)C)cc1. The average Bonchev–Trinajstić information content (AvgIpc) is 2.43. The third kappa shape index (κ3) is 11.2. The molecule has 0 aliphatic heterocycles. The highest BCUT2D eigenvalue weighted by Gasteiger charge is 2.11. The van der Waals surface area contributed by atoms with Crippen LogP contribution in [0.15, 0.2) is 24.3 Å². The van der Waals surface area contributed by atoms with Crippen LogP contribution in [0, 0.1) is 10.8 Å². The fraction of sp³-hybridized carbons (Fsp3) is 0.714. The first kappa shape index (κ1) is 20.0. The number of hydrogen-bond donors (Lipinski definition) is 1. The maximum atomic E-state index is 5.80. The van der Waals surface area contributed by atoms with Crippen LogP contribution in [-0.2, 0) is 6.54 Å². The Bertz CT molecular complexity index is 423. The molecule has 0 saturated heterocycles. The van der Waals surface area contributed by atoms with E-state index >= 15 is 0 Å². The highest BCUT2D eigenvalue weighted by atomic mass is 16.5. The Balaban J connectivity index is 2.14. The van der Waals surface area contributed by atoms with E-state index in [9.17, 15) is 0 Å². The molecule has 0 fully saturated rings. The van der Waals surface area contributed by atoms with Crippen molar-refractivity contribution in [3.05, 3.63) is 29.8 Å². The third-order valence-corrected chi connectivity index (χ3v) is 3.70. The maximum absolute atomic E-state index is 5.80. The molecule has 0 atom stereocenters. The molecule has 0 amide bonds. The van der Waals surface area contributed by atoms with Crippen LogP contribution < -0.4 is 10.1 Å². The van der Waals surface area contributed by atoms with Crippen molar-refractivity contribution in [2.24, 2.45) is 10.8 Å². The van der Waals surface area contributed by atoms with Crippen molar-refractivity contribution < 1.29 is 4.74 Å². The molecular weight excluding hydrogens is 282 g/mol. The second-order valence-corrected chi connectivity index (χ2v) is 9.04. The second kappa shape index (κ2) is 9.32. The molecule has 1 N–H and O–H groups in total. The van der Waals surface area contributed by atoms with E-state index in [1.54, 1.807) is 0 Å². The predicted octanol–water partition coefficient (Wildman–Crippen LogP) is 5.81. The van der Waals surface area contributed by atoms with Crippen molar-refractivity contribution in [3.63, 3.8) is 0 Å². The highest BCUT2D eigenvalue weighted by molar-refractivity contribution is 5.27. The zero-order valence-corrected chi connectivity index (χ0v) is 16.2. The zero-order valence-electron chi connectivity index (χ0n) is 16.2. The number of ether oxygens (including phenoxy) is 1. The molecule has 0 bridgehead atoms. The largest absolute Gasteiger partial charge is 0.493 e. The van der Waals surface area contributed by atoms with Gasteiger partial charge in [0.05, 0.1) is 6.61 Å². The summed E-state index contributed by atoms with van der Waals surface area (Å²) in [7, 11) is 0. The molecule has 0 aliphatic rings. The minimum Gasteiger partial charge on any atom is -0.493 e. The lowest BCUT2D eigenvalue weighted by Crippen LogP contribution is -2.17. The zero-order chi connectivity index (χ0) is 17.3. The molecule has 0 aromatic heterocycles. The van der Waals surface area contributed by atoms with E-state index in [0.717, 1.165) is 25.4 Å². The lowest BCUT2D eigenvalue weighted by Gasteiger charge is -2.19. The van der Waals surface area contributed by atoms with Crippen molar-refractivity contribution in [1.29, 1.82) is 0 Å². The Hall–Kier alpha value is -1.02. The van der Waals surface area contributed by atoms with Crippen LogP contribution in [0.5, 0.6) is 5.75 Å². The Kier molecular flexibility index (Phi) is 8.11. The van der Waals surface area contributed by atoms with Crippen molar-refractivity contribution in [1.82, 2.24) is 5.32 Å². The second-order valence-electron chi connectivity index (χ2n) is 9.04. The molecule has 132 valence electrons. The van der Waals surface area contributed by atoms with Gasteiger partial charge in [0.15, 0.2) is 0 Å². The Morgan fingerprint density at radius 3 is 2.04 bits per heavy atom. The van der Waals surface area contributed by atoms with E-state index in [-0.39, 0.29) is 5.41 Å². The average molecular weight is 320 g/mol. The lowest BCUT2D eigenvalue weighted by molar-refractivity contribution is 0.198. The first-order valence-electron chi connectivity index (χ1n) is 9.08. The summed E-state index contributed by atoms with van der Waals surface area (Å²) in [4.78, 5) is 0. The van der Waals surface area contributed by atoms with Gasteiger partial charge in [0, 0.05) is 6.54 Å². The van der Waals surface area contributed by atoms with Gasteiger partial charge in [-0.15, -0.1) is 0 Å². The summed E-state index contributed by atoms with van der Waals surface area (Å²) < 4.78 is 5.80. The minimum absolute atomic E-state index is 0.202. The summed E-state index contributed by atoms with van der Waals surface area (Å²) in [6, 6.07) is 8.47. The summed E-state index contributed by atoms with van der Waals surface area (Å²) in [6.07, 6.45) is 5.25. The van der Waals surface area contributed by atoms with Gasteiger partial charge in [-0.25, -0.2) is 0 Å². The van der Waals surface area contributed by atoms with Gasteiger partial charge in [-0.2, -0.15) is 0 Å². The number of benzene rings is 1. The van der Waals surface area contributed by atoms with E-state index in [1.165, 1.54) is 31.2 Å². The standard InChI is InChI=1S/C21H37NO/c1-20(2,3)14-8-7-9-15-22-16-18-10-12-19(13-11-18)23-17-21(4,5)6/h10-13,22H,7-9,14-17H2,1-6H3. The fourth-order valence-electron chi connectivity index (χ4n) is 2.32. The molecule has 0 heterocycles. The van der Waals surface area contributed by atoms with Gasteiger partial charge < -0.3 is 10.1 Å². The van der Waals surface area contributed by atoms with Gasteiger partial charge in [0.25, 0.3) is 0 Å². The monoisotopic (exact) mass is 319 g/mol. The molecule has 0 aliphatic carbocycles. The topological polar surface area (TPSA) is 21.3 Å². The first-order valence-corrected chi connectivity index (χ1v) is 9.08. The van der Waals surface area contributed by atoms with Crippen LogP contribution in [0.1, 0.15) is 72.8 Å². The van der Waals surface area contributed by atoms with Crippen LogP contribution in [-0.4, -0.2) is 13.2 Å². The highest BCUT2D eigenvalue weighted by Crippen LogP contribution is 2.22. The first-order chi connectivity index (χ1) is 10.7. The molecule has 1 aromatic rings. The van der Waals surface area contributed by atoms with E-state index < -0.39 is 0 Å². The van der Waals surface area contributed by atoms with Gasteiger partial charge in [0.1, 0.15) is 5.75 Å². The molecule has 23 heavy (non-hydrogen) atoms.